The lowest BCUT2D eigenvalue weighted by molar-refractivity contribution is -0.138. The van der Waals surface area contributed by atoms with Crippen molar-refractivity contribution in [1.29, 1.82) is 0 Å². The van der Waals surface area contributed by atoms with Gasteiger partial charge in [0.2, 0.25) is 0 Å². The van der Waals surface area contributed by atoms with E-state index in [0.717, 1.165) is 31.7 Å². The third-order valence-electron chi connectivity index (χ3n) is 4.09. The average Bonchev–Trinajstić information content (AvgIpc) is 2.55. The molecule has 1 aliphatic rings. The van der Waals surface area contributed by atoms with E-state index in [1.165, 1.54) is 7.11 Å². The van der Waals surface area contributed by atoms with Crippen LogP contribution in [0.5, 0.6) is 11.5 Å². The Balaban J connectivity index is 0.00000288. The number of benzene rings is 1. The van der Waals surface area contributed by atoms with E-state index in [-0.39, 0.29) is 24.9 Å². The van der Waals surface area contributed by atoms with Crippen molar-refractivity contribution < 1.29 is 22.6 Å². The predicted molar refractivity (Wildman–Crippen MR) is 89.3 cm³/mol. The van der Waals surface area contributed by atoms with E-state index in [2.05, 4.69) is 10.2 Å². The van der Waals surface area contributed by atoms with Gasteiger partial charge in [0.1, 0.15) is 11.5 Å². The van der Waals surface area contributed by atoms with Crippen molar-refractivity contribution in [2.75, 3.05) is 40.4 Å². The molecule has 1 aromatic carbocycles. The number of nitrogens with one attached hydrogen (secondary N) is 1. The highest BCUT2D eigenvalue weighted by molar-refractivity contribution is 5.85. The fourth-order valence-electron chi connectivity index (χ4n) is 2.92. The number of nitrogens with zero attached hydrogens (tertiary/aromatic N) is 1. The van der Waals surface area contributed by atoms with Crippen LogP contribution in [0.2, 0.25) is 0 Å². The molecule has 0 unspecified atom stereocenters. The molecule has 0 aromatic heterocycles. The van der Waals surface area contributed by atoms with E-state index in [1.54, 1.807) is 25.3 Å². The van der Waals surface area contributed by atoms with E-state index >= 15 is 0 Å². The van der Waals surface area contributed by atoms with Crippen LogP contribution in [-0.4, -0.2) is 51.5 Å². The molecule has 0 spiro atoms. The highest BCUT2D eigenvalue weighted by Gasteiger charge is 2.32. The summed E-state index contributed by atoms with van der Waals surface area (Å²) in [6.07, 6.45) is -4.95. The van der Waals surface area contributed by atoms with E-state index in [1.807, 2.05) is 0 Å². The Labute approximate surface area is 146 Å². The van der Waals surface area contributed by atoms with Crippen LogP contribution in [0.3, 0.4) is 0 Å². The highest BCUT2D eigenvalue weighted by atomic mass is 35.5. The zero-order valence-corrected chi connectivity index (χ0v) is 14.7. The first kappa shape index (κ1) is 20.9. The fourth-order valence-corrected chi connectivity index (χ4v) is 2.92. The van der Waals surface area contributed by atoms with Crippen molar-refractivity contribution in [3.8, 4) is 11.5 Å². The molecule has 2 rings (SSSR count). The summed E-state index contributed by atoms with van der Waals surface area (Å²) in [6.45, 7) is 3.00. The number of piperazine rings is 1. The normalized spacial score (nSPS) is 17.0. The number of ether oxygens (including phenoxy) is 2. The Morgan fingerprint density at radius 3 is 2.38 bits per heavy atom. The third-order valence-corrected chi connectivity index (χ3v) is 4.09. The lowest BCUT2D eigenvalue weighted by Gasteiger charge is -2.36. The van der Waals surface area contributed by atoms with Gasteiger partial charge >= 0.3 is 6.18 Å². The van der Waals surface area contributed by atoms with Gasteiger partial charge in [0, 0.05) is 50.3 Å². The minimum absolute atomic E-state index is 0. The minimum Gasteiger partial charge on any atom is -0.497 e. The van der Waals surface area contributed by atoms with Crippen LogP contribution in [0, 0.1) is 0 Å². The van der Waals surface area contributed by atoms with E-state index < -0.39 is 12.6 Å². The second kappa shape index (κ2) is 9.34. The molecule has 8 heteroatoms. The molecule has 4 nitrogen and oxygen atoms in total. The number of halogens is 4. The van der Waals surface area contributed by atoms with Gasteiger partial charge in [-0.2, -0.15) is 13.2 Å². The molecular weight excluding hydrogens is 345 g/mol. The monoisotopic (exact) mass is 368 g/mol. The van der Waals surface area contributed by atoms with Gasteiger partial charge in [0.05, 0.1) is 14.2 Å². The maximum absolute atomic E-state index is 12.7. The molecule has 138 valence electrons. The van der Waals surface area contributed by atoms with Gasteiger partial charge in [-0.05, 0) is 12.5 Å². The number of hydrogen-bond donors (Lipinski definition) is 1. The molecule has 1 aliphatic heterocycles. The molecule has 1 heterocycles. The average molecular weight is 369 g/mol. The summed E-state index contributed by atoms with van der Waals surface area (Å²) < 4.78 is 48.7. The van der Waals surface area contributed by atoms with Crippen molar-refractivity contribution in [1.82, 2.24) is 10.2 Å². The van der Waals surface area contributed by atoms with Crippen LogP contribution >= 0.6 is 12.4 Å². The predicted octanol–water partition coefficient (Wildman–Crippen LogP) is 3.41. The maximum Gasteiger partial charge on any atom is 0.389 e. The quantitative estimate of drug-likeness (QED) is 0.834. The molecule has 0 aliphatic carbocycles. The summed E-state index contributed by atoms with van der Waals surface area (Å²) in [6, 6.07) is 4.97. The Bertz CT molecular complexity index is 509. The molecule has 0 bridgehead atoms. The first-order valence-electron chi connectivity index (χ1n) is 7.68. The topological polar surface area (TPSA) is 33.7 Å². The second-order valence-electron chi connectivity index (χ2n) is 5.56. The fraction of sp³-hybridized carbons (Fsp3) is 0.625. The van der Waals surface area contributed by atoms with Crippen molar-refractivity contribution in [2.45, 2.75) is 25.1 Å². The van der Waals surface area contributed by atoms with Gasteiger partial charge in [-0.3, -0.25) is 4.90 Å². The SMILES string of the molecule is COc1ccc([C@H](CCC(F)(F)F)N2CCNCC2)c(OC)c1.Cl. The summed E-state index contributed by atoms with van der Waals surface area (Å²) in [5, 5.41) is 3.23. The summed E-state index contributed by atoms with van der Waals surface area (Å²) in [4.78, 5) is 2.09. The number of hydrogen-bond acceptors (Lipinski definition) is 4. The minimum atomic E-state index is -4.16. The molecule has 1 fully saturated rings. The summed E-state index contributed by atoms with van der Waals surface area (Å²) in [5.74, 6) is 1.19. The molecule has 0 radical (unpaired) electrons. The zero-order valence-electron chi connectivity index (χ0n) is 13.9. The molecule has 1 atom stereocenters. The third kappa shape index (κ3) is 5.72. The van der Waals surface area contributed by atoms with Crippen molar-refractivity contribution in [3.05, 3.63) is 23.8 Å². The van der Waals surface area contributed by atoms with Gasteiger partial charge < -0.3 is 14.8 Å². The van der Waals surface area contributed by atoms with Crippen LogP contribution in [0.1, 0.15) is 24.4 Å². The molecular formula is C16H24ClF3N2O2. The second-order valence-corrected chi connectivity index (χ2v) is 5.56. The number of rotatable bonds is 6. The van der Waals surface area contributed by atoms with E-state index in [9.17, 15) is 13.2 Å². The van der Waals surface area contributed by atoms with E-state index in [4.69, 9.17) is 9.47 Å². The van der Waals surface area contributed by atoms with Gasteiger partial charge in [0.25, 0.3) is 0 Å². The molecule has 0 saturated carbocycles. The molecule has 1 saturated heterocycles. The van der Waals surface area contributed by atoms with Crippen LogP contribution in [0.25, 0.3) is 0 Å². The molecule has 1 N–H and O–H groups in total. The van der Waals surface area contributed by atoms with Crippen molar-refractivity contribution in [2.24, 2.45) is 0 Å². The zero-order chi connectivity index (χ0) is 16.9. The largest absolute Gasteiger partial charge is 0.497 e. The van der Waals surface area contributed by atoms with Gasteiger partial charge in [0.15, 0.2) is 0 Å². The molecule has 24 heavy (non-hydrogen) atoms. The van der Waals surface area contributed by atoms with Crippen LogP contribution < -0.4 is 14.8 Å². The number of methoxy groups -OCH3 is 2. The Kier molecular flexibility index (Phi) is 8.12. The van der Waals surface area contributed by atoms with Crippen LogP contribution in [0.4, 0.5) is 13.2 Å². The first-order valence-corrected chi connectivity index (χ1v) is 7.68. The van der Waals surface area contributed by atoms with Crippen molar-refractivity contribution >= 4 is 12.4 Å². The van der Waals surface area contributed by atoms with Gasteiger partial charge in [-0.15, -0.1) is 12.4 Å². The Hall–Kier alpha value is -1.18. The smallest absolute Gasteiger partial charge is 0.389 e. The Morgan fingerprint density at radius 2 is 1.83 bits per heavy atom. The van der Waals surface area contributed by atoms with E-state index in [0.29, 0.717) is 11.5 Å². The Morgan fingerprint density at radius 1 is 1.17 bits per heavy atom. The lowest BCUT2D eigenvalue weighted by atomic mass is 9.98. The maximum atomic E-state index is 12.7. The first-order chi connectivity index (χ1) is 10.9. The standard InChI is InChI=1S/C16H23F3N2O2.ClH/c1-22-12-3-4-13(15(11-12)23-2)14(5-6-16(17,18)19)21-9-7-20-8-10-21;/h3-4,11,14,20H,5-10H2,1-2H3;1H/t14-;/m0./s1. The summed E-state index contributed by atoms with van der Waals surface area (Å²) >= 11 is 0. The van der Waals surface area contributed by atoms with Gasteiger partial charge in [-0.25, -0.2) is 0 Å². The van der Waals surface area contributed by atoms with Crippen LogP contribution in [0.15, 0.2) is 18.2 Å². The lowest BCUT2D eigenvalue weighted by Crippen LogP contribution is -2.45. The molecule has 0 amide bonds. The summed E-state index contributed by atoms with van der Waals surface area (Å²) in [5.41, 5.74) is 0.777. The molecule has 1 aromatic rings. The van der Waals surface area contributed by atoms with Gasteiger partial charge in [-0.1, -0.05) is 6.07 Å². The number of alkyl halides is 3. The summed E-state index contributed by atoms with van der Waals surface area (Å²) in [7, 11) is 3.07. The van der Waals surface area contributed by atoms with Crippen molar-refractivity contribution in [3.63, 3.8) is 0 Å². The van der Waals surface area contributed by atoms with Crippen LogP contribution in [-0.2, 0) is 0 Å². The highest BCUT2D eigenvalue weighted by Crippen LogP contribution is 2.37.